The predicted octanol–water partition coefficient (Wildman–Crippen LogP) is 2.04. The Hall–Kier alpha value is -1.38. The van der Waals surface area contributed by atoms with Gasteiger partial charge in [-0.15, -0.1) is 0 Å². The zero-order chi connectivity index (χ0) is 8.55. The molecule has 62 valence electrons. The summed E-state index contributed by atoms with van der Waals surface area (Å²) in [7, 11) is 0. The molecule has 2 aromatic heterocycles. The average Bonchev–Trinajstić information content (AvgIpc) is 2.52. The minimum absolute atomic E-state index is 0.148. The first-order chi connectivity index (χ1) is 5.83. The molecule has 0 N–H and O–H groups in total. The molecule has 0 fully saturated rings. The van der Waals surface area contributed by atoms with Crippen molar-refractivity contribution in [2.45, 2.75) is 13.3 Å². The first kappa shape index (κ1) is 7.28. The summed E-state index contributed by atoms with van der Waals surface area (Å²) in [5.41, 5.74) is 1.59. The molecule has 12 heavy (non-hydrogen) atoms. The van der Waals surface area contributed by atoms with Crippen molar-refractivity contribution in [3.63, 3.8) is 0 Å². The maximum Gasteiger partial charge on any atom is 0.130 e. The second-order valence-corrected chi connectivity index (χ2v) is 2.68. The number of nitrogens with zero attached hydrogens (tertiary/aromatic N) is 2. The zero-order valence-electron chi connectivity index (χ0n) is 6.79. The Balaban J connectivity index is 2.83. The second-order valence-electron chi connectivity index (χ2n) is 2.68. The highest BCUT2D eigenvalue weighted by Crippen LogP contribution is 2.14. The molecule has 2 nitrogen and oxygen atoms in total. The Labute approximate surface area is 69.7 Å². The van der Waals surface area contributed by atoms with Gasteiger partial charge in [0, 0.05) is 11.8 Å². The number of hydrogen-bond donors (Lipinski definition) is 0. The van der Waals surface area contributed by atoms with Crippen molar-refractivity contribution in [2.75, 3.05) is 0 Å². The predicted molar refractivity (Wildman–Crippen MR) is 44.5 cm³/mol. The molecular formula is C9H9FN2. The van der Waals surface area contributed by atoms with Gasteiger partial charge in [0.1, 0.15) is 5.82 Å². The summed E-state index contributed by atoms with van der Waals surface area (Å²) in [5.74, 6) is -0.148. The number of aryl methyl sites for hydroxylation is 1. The highest BCUT2D eigenvalue weighted by molar-refractivity contribution is 5.53. The van der Waals surface area contributed by atoms with Crippen molar-refractivity contribution in [3.8, 4) is 0 Å². The molecule has 0 aliphatic rings. The summed E-state index contributed by atoms with van der Waals surface area (Å²) < 4.78 is 15.0. The lowest BCUT2D eigenvalue weighted by atomic mass is 10.2. The van der Waals surface area contributed by atoms with Crippen LogP contribution >= 0.6 is 0 Å². The average molecular weight is 164 g/mol. The van der Waals surface area contributed by atoms with Gasteiger partial charge in [-0.05, 0) is 12.5 Å². The number of imidazole rings is 1. The van der Waals surface area contributed by atoms with E-state index in [0.29, 0.717) is 6.42 Å². The van der Waals surface area contributed by atoms with E-state index in [1.807, 2.05) is 11.3 Å². The second kappa shape index (κ2) is 2.59. The standard InChI is InChI=1S/C9H9FN2/c1-2-7-8(10)3-4-12-6-11-5-9(7)12/h3-6H,2H2,1H3. The van der Waals surface area contributed by atoms with Crippen LogP contribution in [0, 0.1) is 5.82 Å². The summed E-state index contributed by atoms with van der Waals surface area (Å²) in [6.45, 7) is 1.94. The fourth-order valence-electron chi connectivity index (χ4n) is 1.38. The van der Waals surface area contributed by atoms with Crippen LogP contribution in [0.4, 0.5) is 4.39 Å². The Bertz CT molecular complexity index is 406. The van der Waals surface area contributed by atoms with Gasteiger partial charge in [-0.2, -0.15) is 0 Å². The Morgan fingerprint density at radius 2 is 2.42 bits per heavy atom. The molecule has 2 rings (SSSR count). The molecule has 0 aliphatic carbocycles. The molecule has 0 saturated heterocycles. The van der Waals surface area contributed by atoms with Crippen LogP contribution in [-0.2, 0) is 6.42 Å². The summed E-state index contributed by atoms with van der Waals surface area (Å²) in [5, 5.41) is 0. The van der Waals surface area contributed by atoms with Gasteiger partial charge in [-0.3, -0.25) is 0 Å². The fraction of sp³-hybridized carbons (Fsp3) is 0.222. The molecule has 0 radical (unpaired) electrons. The summed E-state index contributed by atoms with van der Waals surface area (Å²) in [6.07, 6.45) is 5.73. The molecule has 0 amide bonds. The third-order valence-electron chi connectivity index (χ3n) is 2.00. The molecule has 2 aromatic rings. The molecule has 3 heteroatoms. The minimum Gasteiger partial charge on any atom is -0.306 e. The molecule has 0 bridgehead atoms. The van der Waals surface area contributed by atoms with Crippen LogP contribution < -0.4 is 0 Å². The van der Waals surface area contributed by atoms with Crippen molar-refractivity contribution in [1.82, 2.24) is 9.38 Å². The smallest absolute Gasteiger partial charge is 0.130 e. The van der Waals surface area contributed by atoms with Crippen molar-refractivity contribution < 1.29 is 4.39 Å². The van der Waals surface area contributed by atoms with Crippen LogP contribution in [0.15, 0.2) is 24.8 Å². The van der Waals surface area contributed by atoms with Crippen LogP contribution in [0.25, 0.3) is 5.52 Å². The summed E-state index contributed by atoms with van der Waals surface area (Å²) in [6, 6.07) is 1.47. The van der Waals surface area contributed by atoms with E-state index < -0.39 is 0 Å². The van der Waals surface area contributed by atoms with Crippen LogP contribution in [0.2, 0.25) is 0 Å². The van der Waals surface area contributed by atoms with Gasteiger partial charge in [-0.1, -0.05) is 6.92 Å². The van der Waals surface area contributed by atoms with E-state index in [1.54, 1.807) is 18.7 Å². The van der Waals surface area contributed by atoms with Crippen LogP contribution in [0.5, 0.6) is 0 Å². The number of halogens is 1. The first-order valence-electron chi connectivity index (χ1n) is 3.92. The lowest BCUT2D eigenvalue weighted by molar-refractivity contribution is 0.611. The molecule has 0 aliphatic heterocycles. The number of pyridine rings is 1. The molecule has 0 saturated carbocycles. The van der Waals surface area contributed by atoms with Crippen molar-refractivity contribution >= 4 is 5.52 Å². The monoisotopic (exact) mass is 164 g/mol. The first-order valence-corrected chi connectivity index (χ1v) is 3.92. The topological polar surface area (TPSA) is 17.3 Å². The Morgan fingerprint density at radius 1 is 1.58 bits per heavy atom. The van der Waals surface area contributed by atoms with E-state index in [9.17, 15) is 4.39 Å². The summed E-state index contributed by atoms with van der Waals surface area (Å²) >= 11 is 0. The number of rotatable bonds is 1. The van der Waals surface area contributed by atoms with Gasteiger partial charge in [0.05, 0.1) is 18.0 Å². The van der Waals surface area contributed by atoms with Crippen LogP contribution in [-0.4, -0.2) is 9.38 Å². The van der Waals surface area contributed by atoms with Gasteiger partial charge in [-0.25, -0.2) is 9.37 Å². The summed E-state index contributed by atoms with van der Waals surface area (Å²) in [4.78, 5) is 3.95. The largest absolute Gasteiger partial charge is 0.306 e. The SMILES string of the molecule is CCc1c(F)ccn2cncc12. The van der Waals surface area contributed by atoms with Crippen LogP contribution in [0.1, 0.15) is 12.5 Å². The molecular weight excluding hydrogens is 155 g/mol. The van der Waals surface area contributed by atoms with Gasteiger partial charge in [0.2, 0.25) is 0 Å². The highest BCUT2D eigenvalue weighted by Gasteiger charge is 2.04. The van der Waals surface area contributed by atoms with Gasteiger partial charge in [0.25, 0.3) is 0 Å². The van der Waals surface area contributed by atoms with Crippen LogP contribution in [0.3, 0.4) is 0 Å². The van der Waals surface area contributed by atoms with Crippen molar-refractivity contribution in [3.05, 3.63) is 36.2 Å². The van der Waals surface area contributed by atoms with E-state index in [1.165, 1.54) is 6.07 Å². The number of fused-ring (bicyclic) bond motifs is 1. The molecule has 0 atom stereocenters. The third kappa shape index (κ3) is 0.897. The fourth-order valence-corrected chi connectivity index (χ4v) is 1.38. The van der Waals surface area contributed by atoms with Crippen molar-refractivity contribution in [1.29, 1.82) is 0 Å². The third-order valence-corrected chi connectivity index (χ3v) is 2.00. The maximum absolute atomic E-state index is 13.2. The van der Waals surface area contributed by atoms with E-state index in [4.69, 9.17) is 0 Å². The van der Waals surface area contributed by atoms with Gasteiger partial charge < -0.3 is 4.40 Å². The Morgan fingerprint density at radius 3 is 3.17 bits per heavy atom. The molecule has 0 unspecified atom stereocenters. The molecule has 0 spiro atoms. The van der Waals surface area contributed by atoms with Gasteiger partial charge in [0.15, 0.2) is 0 Å². The molecule has 2 heterocycles. The van der Waals surface area contributed by atoms with E-state index in [2.05, 4.69) is 4.98 Å². The zero-order valence-corrected chi connectivity index (χ0v) is 6.79. The molecule has 0 aromatic carbocycles. The lowest BCUT2D eigenvalue weighted by Gasteiger charge is -2.01. The van der Waals surface area contributed by atoms with E-state index >= 15 is 0 Å². The van der Waals surface area contributed by atoms with Crippen molar-refractivity contribution in [2.24, 2.45) is 0 Å². The van der Waals surface area contributed by atoms with Gasteiger partial charge >= 0.3 is 0 Å². The quantitative estimate of drug-likeness (QED) is 0.630. The maximum atomic E-state index is 13.2. The Kier molecular flexibility index (Phi) is 1.57. The number of aromatic nitrogens is 2. The lowest BCUT2D eigenvalue weighted by Crippen LogP contribution is -1.92. The minimum atomic E-state index is -0.148. The van der Waals surface area contributed by atoms with E-state index in [-0.39, 0.29) is 5.82 Å². The number of hydrogen-bond acceptors (Lipinski definition) is 1. The normalized spacial score (nSPS) is 10.8. The highest BCUT2D eigenvalue weighted by atomic mass is 19.1. The van der Waals surface area contributed by atoms with E-state index in [0.717, 1.165) is 11.1 Å².